The van der Waals surface area contributed by atoms with Crippen LogP contribution in [0.4, 0.5) is 13.2 Å². The van der Waals surface area contributed by atoms with Crippen LogP contribution in [0, 0.1) is 5.82 Å². The van der Waals surface area contributed by atoms with Crippen LogP contribution in [-0.2, 0) is 10.7 Å². The summed E-state index contributed by atoms with van der Waals surface area (Å²) in [5, 5.41) is 0.0149. The average Bonchev–Trinajstić information content (AvgIpc) is 2.10. The van der Waals surface area contributed by atoms with Gasteiger partial charge in [-0.1, -0.05) is 17.7 Å². The molecule has 0 atom stereocenters. The molecule has 0 heterocycles. The van der Waals surface area contributed by atoms with Crippen LogP contribution in [0.15, 0.2) is 18.2 Å². The summed E-state index contributed by atoms with van der Waals surface area (Å²) >= 11 is 5.51. The highest BCUT2D eigenvalue weighted by molar-refractivity contribution is 6.30. The molecule has 1 aromatic carbocycles. The molecular formula is C10H4ClF3O. The van der Waals surface area contributed by atoms with Gasteiger partial charge in [0.1, 0.15) is 5.82 Å². The van der Waals surface area contributed by atoms with Gasteiger partial charge in [0.25, 0.3) is 0 Å². The van der Waals surface area contributed by atoms with Crippen molar-refractivity contribution in [3.05, 3.63) is 40.2 Å². The zero-order chi connectivity index (χ0) is 11.2. The molecule has 0 aromatic heterocycles. The number of alkyl halides is 2. The summed E-state index contributed by atoms with van der Waals surface area (Å²) in [5.41, 5.74) is -0.969. The van der Waals surface area contributed by atoms with Crippen LogP contribution in [0.25, 0.3) is 6.08 Å². The van der Waals surface area contributed by atoms with Gasteiger partial charge in [-0.25, -0.2) is 4.39 Å². The smallest absolute Gasteiger partial charge is 0.288 e. The second-order valence-corrected chi connectivity index (χ2v) is 3.56. The van der Waals surface area contributed by atoms with Crippen LogP contribution >= 0.6 is 11.6 Å². The van der Waals surface area contributed by atoms with Crippen molar-refractivity contribution in [3.63, 3.8) is 0 Å². The lowest BCUT2D eigenvalue weighted by Crippen LogP contribution is -2.28. The van der Waals surface area contributed by atoms with Crippen molar-refractivity contribution in [3.8, 4) is 0 Å². The maximum absolute atomic E-state index is 13.3. The summed E-state index contributed by atoms with van der Waals surface area (Å²) in [6.07, 6.45) is 1.85. The Hall–Kier alpha value is -1.29. The number of ketones is 1. The Bertz CT molecular complexity index is 480. The first-order chi connectivity index (χ1) is 6.93. The molecule has 0 aliphatic heterocycles. The molecule has 0 saturated heterocycles. The standard InChI is InChI=1S/C10H4ClF3O/c11-6-3-5-1-2-8(15)10(13,14)9(5)7(12)4-6/h1-4H. The zero-order valence-corrected chi connectivity index (χ0v) is 7.99. The van der Waals surface area contributed by atoms with Crippen molar-refractivity contribution < 1.29 is 18.0 Å². The lowest BCUT2D eigenvalue weighted by molar-refractivity contribution is -0.139. The van der Waals surface area contributed by atoms with Crippen LogP contribution in [0.1, 0.15) is 11.1 Å². The molecule has 1 aromatic rings. The summed E-state index contributed by atoms with van der Waals surface area (Å²) in [7, 11) is 0. The van der Waals surface area contributed by atoms with Gasteiger partial charge < -0.3 is 0 Å². The predicted molar refractivity (Wildman–Crippen MR) is 49.3 cm³/mol. The van der Waals surface area contributed by atoms with Crippen molar-refractivity contribution in [1.29, 1.82) is 0 Å². The fraction of sp³-hybridized carbons (Fsp3) is 0.100. The molecule has 15 heavy (non-hydrogen) atoms. The van der Waals surface area contributed by atoms with E-state index < -0.39 is 23.1 Å². The van der Waals surface area contributed by atoms with E-state index in [2.05, 4.69) is 0 Å². The second kappa shape index (κ2) is 3.10. The largest absolute Gasteiger partial charge is 0.337 e. The molecule has 5 heteroatoms. The molecule has 0 bridgehead atoms. The van der Waals surface area contributed by atoms with Crippen LogP contribution in [0.2, 0.25) is 5.02 Å². The molecule has 0 spiro atoms. The Morgan fingerprint density at radius 3 is 2.53 bits per heavy atom. The van der Waals surface area contributed by atoms with E-state index in [0.29, 0.717) is 0 Å². The number of carbonyl (C=O) groups is 1. The summed E-state index contributed by atoms with van der Waals surface area (Å²) in [6.45, 7) is 0. The third-order valence-electron chi connectivity index (χ3n) is 2.12. The average molecular weight is 233 g/mol. The molecule has 0 radical (unpaired) electrons. The third-order valence-corrected chi connectivity index (χ3v) is 2.34. The Balaban J connectivity index is 2.77. The Kier molecular flexibility index (Phi) is 2.12. The van der Waals surface area contributed by atoms with Crippen LogP contribution in [0.3, 0.4) is 0 Å². The Labute approximate surface area is 88.2 Å². The molecule has 78 valence electrons. The summed E-state index contributed by atoms with van der Waals surface area (Å²) in [6, 6.07) is 1.96. The Morgan fingerprint density at radius 2 is 1.87 bits per heavy atom. The van der Waals surface area contributed by atoms with Crippen LogP contribution in [-0.4, -0.2) is 5.78 Å². The zero-order valence-electron chi connectivity index (χ0n) is 7.23. The normalized spacial score (nSPS) is 17.7. The summed E-state index contributed by atoms with van der Waals surface area (Å²) < 4.78 is 39.8. The van der Waals surface area contributed by atoms with Gasteiger partial charge in [0.15, 0.2) is 0 Å². The summed E-state index contributed by atoms with van der Waals surface area (Å²) in [4.78, 5) is 10.9. The van der Waals surface area contributed by atoms with Gasteiger partial charge in [0.2, 0.25) is 5.78 Å². The lowest BCUT2D eigenvalue weighted by Gasteiger charge is -2.20. The molecule has 1 aliphatic rings. The van der Waals surface area contributed by atoms with Crippen molar-refractivity contribution in [1.82, 2.24) is 0 Å². The monoisotopic (exact) mass is 232 g/mol. The molecule has 1 aliphatic carbocycles. The molecular weight excluding hydrogens is 229 g/mol. The van der Waals surface area contributed by atoms with Crippen LogP contribution in [0.5, 0.6) is 0 Å². The van der Waals surface area contributed by atoms with E-state index in [0.717, 1.165) is 18.2 Å². The SMILES string of the molecule is O=C1C=Cc2cc(Cl)cc(F)c2C1(F)F. The number of hydrogen-bond donors (Lipinski definition) is 0. The molecule has 0 saturated carbocycles. The van der Waals surface area contributed by atoms with Crippen molar-refractivity contribution >= 4 is 23.5 Å². The van der Waals surface area contributed by atoms with Gasteiger partial charge in [-0.3, -0.25) is 4.79 Å². The second-order valence-electron chi connectivity index (χ2n) is 3.12. The quantitative estimate of drug-likeness (QED) is 0.672. The van der Waals surface area contributed by atoms with Gasteiger partial charge in [-0.2, -0.15) is 8.78 Å². The van der Waals surface area contributed by atoms with Crippen molar-refractivity contribution in [2.24, 2.45) is 0 Å². The fourth-order valence-electron chi connectivity index (χ4n) is 1.45. The van der Waals surface area contributed by atoms with E-state index in [4.69, 9.17) is 11.6 Å². The maximum atomic E-state index is 13.3. The fourth-order valence-corrected chi connectivity index (χ4v) is 1.66. The number of allylic oxidation sites excluding steroid dienone is 1. The number of halogens is 4. The maximum Gasteiger partial charge on any atom is 0.337 e. The number of fused-ring (bicyclic) bond motifs is 1. The van der Waals surface area contributed by atoms with E-state index in [1.807, 2.05) is 0 Å². The van der Waals surface area contributed by atoms with Gasteiger partial charge in [0, 0.05) is 5.02 Å². The minimum absolute atomic E-state index is 0.0149. The third kappa shape index (κ3) is 1.45. The first kappa shape index (κ1) is 10.2. The molecule has 0 amide bonds. The predicted octanol–water partition coefficient (Wildman–Crippen LogP) is 3.17. The molecule has 0 unspecified atom stereocenters. The van der Waals surface area contributed by atoms with E-state index in [1.54, 1.807) is 0 Å². The molecule has 0 N–H and O–H groups in total. The van der Waals surface area contributed by atoms with Gasteiger partial charge in [0.05, 0.1) is 5.56 Å². The molecule has 2 rings (SSSR count). The topological polar surface area (TPSA) is 17.1 Å². The minimum atomic E-state index is -3.81. The van der Waals surface area contributed by atoms with Gasteiger partial charge in [-0.15, -0.1) is 0 Å². The number of benzene rings is 1. The highest BCUT2D eigenvalue weighted by atomic mass is 35.5. The summed E-state index contributed by atoms with van der Waals surface area (Å²) in [5.74, 6) is -6.39. The number of carbonyl (C=O) groups excluding carboxylic acids is 1. The van der Waals surface area contributed by atoms with E-state index in [1.165, 1.54) is 6.07 Å². The molecule has 1 nitrogen and oxygen atoms in total. The minimum Gasteiger partial charge on any atom is -0.288 e. The first-order valence-corrected chi connectivity index (χ1v) is 4.40. The highest BCUT2D eigenvalue weighted by Gasteiger charge is 2.45. The number of hydrogen-bond acceptors (Lipinski definition) is 1. The van der Waals surface area contributed by atoms with Gasteiger partial charge in [-0.05, 0) is 23.8 Å². The first-order valence-electron chi connectivity index (χ1n) is 4.03. The van der Waals surface area contributed by atoms with Crippen molar-refractivity contribution in [2.45, 2.75) is 5.92 Å². The van der Waals surface area contributed by atoms with E-state index in [-0.39, 0.29) is 10.6 Å². The van der Waals surface area contributed by atoms with Crippen molar-refractivity contribution in [2.75, 3.05) is 0 Å². The van der Waals surface area contributed by atoms with Gasteiger partial charge >= 0.3 is 5.92 Å². The van der Waals surface area contributed by atoms with E-state index >= 15 is 0 Å². The lowest BCUT2D eigenvalue weighted by atomic mass is 9.92. The number of rotatable bonds is 0. The Morgan fingerprint density at radius 1 is 1.20 bits per heavy atom. The molecule has 0 fully saturated rings. The highest BCUT2D eigenvalue weighted by Crippen LogP contribution is 2.39. The van der Waals surface area contributed by atoms with E-state index in [9.17, 15) is 18.0 Å². The van der Waals surface area contributed by atoms with Crippen LogP contribution < -0.4 is 0 Å².